The predicted molar refractivity (Wildman–Crippen MR) is 63.5 cm³/mol. The summed E-state index contributed by atoms with van der Waals surface area (Å²) < 4.78 is 5.07. The second-order valence-corrected chi connectivity index (χ2v) is 3.70. The quantitative estimate of drug-likeness (QED) is 0.771. The number of methoxy groups -OCH3 is 1. The molecule has 0 atom stereocenters. The van der Waals surface area contributed by atoms with Crippen molar-refractivity contribution in [2.75, 3.05) is 7.11 Å². The van der Waals surface area contributed by atoms with Gasteiger partial charge in [-0.3, -0.25) is 0 Å². The average molecular weight is 214 g/mol. The third-order valence-electron chi connectivity index (χ3n) is 2.44. The number of hydrogen-bond acceptors (Lipinski definition) is 3. The summed E-state index contributed by atoms with van der Waals surface area (Å²) in [5, 5.41) is 0. The highest BCUT2D eigenvalue weighted by atomic mass is 16.5. The van der Waals surface area contributed by atoms with Crippen molar-refractivity contribution in [1.82, 2.24) is 9.97 Å². The van der Waals surface area contributed by atoms with Crippen molar-refractivity contribution >= 4 is 0 Å². The van der Waals surface area contributed by atoms with Crippen molar-refractivity contribution in [3.8, 4) is 17.3 Å². The molecule has 0 aliphatic carbocycles. The summed E-state index contributed by atoms with van der Waals surface area (Å²) >= 11 is 0. The number of aromatic nitrogens is 2. The SMILES string of the molecule is COc1nc(C)cc(-c2ccccc2C)n1. The molecule has 16 heavy (non-hydrogen) atoms. The summed E-state index contributed by atoms with van der Waals surface area (Å²) in [5.74, 6) is 0. The molecule has 0 N–H and O–H groups in total. The van der Waals surface area contributed by atoms with E-state index >= 15 is 0 Å². The van der Waals surface area contributed by atoms with Crippen molar-refractivity contribution < 1.29 is 4.74 Å². The zero-order valence-corrected chi connectivity index (χ0v) is 9.69. The Morgan fingerprint density at radius 1 is 1.06 bits per heavy atom. The lowest BCUT2D eigenvalue weighted by molar-refractivity contribution is 0.379. The van der Waals surface area contributed by atoms with Gasteiger partial charge in [0.2, 0.25) is 0 Å². The molecule has 0 amide bonds. The first-order chi connectivity index (χ1) is 7.70. The van der Waals surface area contributed by atoms with E-state index in [1.165, 1.54) is 5.56 Å². The van der Waals surface area contributed by atoms with Gasteiger partial charge in [0, 0.05) is 11.3 Å². The summed E-state index contributed by atoms with van der Waals surface area (Å²) in [7, 11) is 1.58. The minimum atomic E-state index is 0.415. The first-order valence-corrected chi connectivity index (χ1v) is 5.16. The van der Waals surface area contributed by atoms with Gasteiger partial charge >= 0.3 is 6.01 Å². The van der Waals surface area contributed by atoms with E-state index in [0.29, 0.717) is 6.01 Å². The second-order valence-electron chi connectivity index (χ2n) is 3.70. The van der Waals surface area contributed by atoms with Gasteiger partial charge in [0.05, 0.1) is 12.8 Å². The van der Waals surface area contributed by atoms with Crippen LogP contribution in [0.2, 0.25) is 0 Å². The molecule has 3 heteroatoms. The van der Waals surface area contributed by atoms with Crippen LogP contribution in [0.1, 0.15) is 11.3 Å². The van der Waals surface area contributed by atoms with Crippen molar-refractivity contribution in [3.63, 3.8) is 0 Å². The Bertz CT molecular complexity index is 509. The molecule has 3 nitrogen and oxygen atoms in total. The van der Waals surface area contributed by atoms with Gasteiger partial charge in [-0.2, -0.15) is 4.98 Å². The molecule has 0 bridgehead atoms. The van der Waals surface area contributed by atoms with Crippen LogP contribution in [0.5, 0.6) is 6.01 Å². The molecule has 0 aliphatic rings. The van der Waals surface area contributed by atoms with Gasteiger partial charge in [0.15, 0.2) is 0 Å². The monoisotopic (exact) mass is 214 g/mol. The summed E-state index contributed by atoms with van der Waals surface area (Å²) in [5.41, 5.74) is 4.13. The molecule has 82 valence electrons. The largest absolute Gasteiger partial charge is 0.467 e. The van der Waals surface area contributed by atoms with E-state index in [1.807, 2.05) is 25.1 Å². The van der Waals surface area contributed by atoms with Crippen LogP contribution in [-0.4, -0.2) is 17.1 Å². The van der Waals surface area contributed by atoms with E-state index in [2.05, 4.69) is 29.0 Å². The lowest BCUT2D eigenvalue weighted by atomic mass is 10.1. The highest BCUT2D eigenvalue weighted by molar-refractivity contribution is 5.63. The number of benzene rings is 1. The lowest BCUT2D eigenvalue weighted by Crippen LogP contribution is -1.96. The molecule has 0 saturated heterocycles. The van der Waals surface area contributed by atoms with E-state index in [9.17, 15) is 0 Å². The Kier molecular flexibility index (Phi) is 2.86. The first-order valence-electron chi connectivity index (χ1n) is 5.16. The van der Waals surface area contributed by atoms with Crippen molar-refractivity contribution in [2.24, 2.45) is 0 Å². The number of ether oxygens (including phenoxy) is 1. The fraction of sp³-hybridized carbons (Fsp3) is 0.231. The zero-order chi connectivity index (χ0) is 11.5. The van der Waals surface area contributed by atoms with Crippen molar-refractivity contribution in [3.05, 3.63) is 41.6 Å². The predicted octanol–water partition coefficient (Wildman–Crippen LogP) is 2.77. The molecule has 0 spiro atoms. The molecular formula is C13H14N2O. The standard InChI is InChI=1S/C13H14N2O/c1-9-6-4-5-7-11(9)12-8-10(2)14-13(15-12)16-3/h4-8H,1-3H3. The van der Waals surface area contributed by atoms with Crippen molar-refractivity contribution in [2.45, 2.75) is 13.8 Å². The highest BCUT2D eigenvalue weighted by Crippen LogP contribution is 2.22. The fourth-order valence-corrected chi connectivity index (χ4v) is 1.63. The minimum Gasteiger partial charge on any atom is -0.467 e. The van der Waals surface area contributed by atoms with Gasteiger partial charge in [0.25, 0.3) is 0 Å². The maximum atomic E-state index is 5.07. The van der Waals surface area contributed by atoms with E-state index in [1.54, 1.807) is 7.11 Å². The zero-order valence-electron chi connectivity index (χ0n) is 9.69. The summed E-state index contributed by atoms with van der Waals surface area (Å²) in [6.07, 6.45) is 0. The molecule has 0 radical (unpaired) electrons. The topological polar surface area (TPSA) is 35.0 Å². The van der Waals surface area contributed by atoms with Gasteiger partial charge in [0.1, 0.15) is 0 Å². The summed E-state index contributed by atoms with van der Waals surface area (Å²) in [4.78, 5) is 8.52. The molecule has 1 aromatic carbocycles. The molecule has 2 aromatic rings. The molecule has 0 aliphatic heterocycles. The Morgan fingerprint density at radius 3 is 2.50 bits per heavy atom. The number of nitrogens with zero attached hydrogens (tertiary/aromatic N) is 2. The van der Waals surface area contributed by atoms with Gasteiger partial charge < -0.3 is 4.74 Å². The van der Waals surface area contributed by atoms with Gasteiger partial charge in [-0.15, -0.1) is 0 Å². The highest BCUT2D eigenvalue weighted by Gasteiger charge is 2.06. The number of aryl methyl sites for hydroxylation is 2. The van der Waals surface area contributed by atoms with Gasteiger partial charge in [-0.05, 0) is 25.5 Å². The Labute approximate surface area is 95.1 Å². The Balaban J connectivity index is 2.56. The van der Waals surface area contributed by atoms with E-state index in [0.717, 1.165) is 17.0 Å². The van der Waals surface area contributed by atoms with Crippen LogP contribution in [0, 0.1) is 13.8 Å². The van der Waals surface area contributed by atoms with Crippen LogP contribution >= 0.6 is 0 Å². The second kappa shape index (κ2) is 4.31. The third kappa shape index (κ3) is 2.03. The first kappa shape index (κ1) is 10.6. The van der Waals surface area contributed by atoms with E-state index < -0.39 is 0 Å². The summed E-state index contributed by atoms with van der Waals surface area (Å²) in [6.45, 7) is 4.01. The van der Waals surface area contributed by atoms with Crippen LogP contribution in [0.3, 0.4) is 0 Å². The molecule has 0 unspecified atom stereocenters. The fourth-order valence-electron chi connectivity index (χ4n) is 1.63. The summed E-state index contributed by atoms with van der Waals surface area (Å²) in [6, 6.07) is 10.5. The normalized spacial score (nSPS) is 10.2. The lowest BCUT2D eigenvalue weighted by Gasteiger charge is -2.07. The van der Waals surface area contributed by atoms with Crippen LogP contribution < -0.4 is 4.74 Å². The van der Waals surface area contributed by atoms with Gasteiger partial charge in [-0.1, -0.05) is 24.3 Å². The maximum Gasteiger partial charge on any atom is 0.316 e. The van der Waals surface area contributed by atoms with Crippen molar-refractivity contribution in [1.29, 1.82) is 0 Å². The smallest absolute Gasteiger partial charge is 0.316 e. The Morgan fingerprint density at radius 2 is 1.81 bits per heavy atom. The molecule has 0 saturated carbocycles. The molecule has 2 rings (SSSR count). The van der Waals surface area contributed by atoms with Crippen LogP contribution in [0.15, 0.2) is 30.3 Å². The van der Waals surface area contributed by atoms with E-state index in [4.69, 9.17) is 4.74 Å². The van der Waals surface area contributed by atoms with E-state index in [-0.39, 0.29) is 0 Å². The van der Waals surface area contributed by atoms with Crippen LogP contribution in [0.4, 0.5) is 0 Å². The molecule has 1 heterocycles. The maximum absolute atomic E-state index is 5.07. The van der Waals surface area contributed by atoms with Crippen LogP contribution in [-0.2, 0) is 0 Å². The third-order valence-corrected chi connectivity index (χ3v) is 2.44. The number of hydrogen-bond donors (Lipinski definition) is 0. The Hall–Kier alpha value is -1.90. The van der Waals surface area contributed by atoms with Gasteiger partial charge in [-0.25, -0.2) is 4.98 Å². The minimum absolute atomic E-state index is 0.415. The number of rotatable bonds is 2. The van der Waals surface area contributed by atoms with Crippen LogP contribution in [0.25, 0.3) is 11.3 Å². The molecule has 0 fully saturated rings. The molecule has 1 aromatic heterocycles. The molecular weight excluding hydrogens is 200 g/mol. The average Bonchev–Trinajstić information content (AvgIpc) is 2.28.